The van der Waals surface area contributed by atoms with Gasteiger partial charge >= 0.3 is 0 Å². The molecule has 3 aromatic rings. The minimum atomic E-state index is -0.301. The summed E-state index contributed by atoms with van der Waals surface area (Å²) < 4.78 is 15.8. The minimum absolute atomic E-state index is 0.149. The van der Waals surface area contributed by atoms with Crippen LogP contribution in [0.4, 0.5) is 4.39 Å². The second-order valence-electron chi connectivity index (χ2n) is 5.90. The zero-order valence-electron chi connectivity index (χ0n) is 14.1. The molecule has 0 bridgehead atoms. The molecule has 0 aliphatic heterocycles. The summed E-state index contributed by atoms with van der Waals surface area (Å²) in [6, 6.07) is 12.0. The number of benzene rings is 2. The number of nitrogens with zero attached hydrogens (tertiary/aromatic N) is 3. The van der Waals surface area contributed by atoms with Gasteiger partial charge < -0.3 is 9.47 Å². The first kappa shape index (κ1) is 16.2. The van der Waals surface area contributed by atoms with Gasteiger partial charge in [0.25, 0.3) is 5.91 Å². The maximum Gasteiger partial charge on any atom is 0.253 e. The van der Waals surface area contributed by atoms with Crippen molar-refractivity contribution in [3.63, 3.8) is 0 Å². The number of halogens is 1. The van der Waals surface area contributed by atoms with Gasteiger partial charge in [-0.2, -0.15) is 0 Å². The van der Waals surface area contributed by atoms with E-state index in [0.29, 0.717) is 11.1 Å². The number of aromatic nitrogens is 2. The molecule has 0 saturated heterocycles. The third-order valence-electron chi connectivity index (χ3n) is 4.25. The van der Waals surface area contributed by atoms with Gasteiger partial charge in [0.1, 0.15) is 11.6 Å². The maximum absolute atomic E-state index is 13.8. The van der Waals surface area contributed by atoms with E-state index in [1.807, 2.05) is 17.7 Å². The van der Waals surface area contributed by atoms with Gasteiger partial charge in [0.2, 0.25) is 0 Å². The van der Waals surface area contributed by atoms with E-state index < -0.39 is 0 Å². The molecule has 1 amide bonds. The van der Waals surface area contributed by atoms with Crippen molar-refractivity contribution in [2.24, 2.45) is 7.05 Å². The Hall–Kier alpha value is -2.69. The van der Waals surface area contributed by atoms with Crippen molar-refractivity contribution < 1.29 is 9.18 Å². The molecule has 0 aliphatic carbocycles. The van der Waals surface area contributed by atoms with E-state index in [4.69, 9.17) is 0 Å². The Morgan fingerprint density at radius 1 is 1.25 bits per heavy atom. The van der Waals surface area contributed by atoms with Crippen LogP contribution in [0.5, 0.6) is 0 Å². The molecular weight excluding hydrogens is 305 g/mol. The molecule has 0 aliphatic rings. The van der Waals surface area contributed by atoms with Crippen molar-refractivity contribution in [3.8, 4) is 0 Å². The second-order valence-corrected chi connectivity index (χ2v) is 5.90. The average Bonchev–Trinajstić information content (AvgIpc) is 2.91. The predicted molar refractivity (Wildman–Crippen MR) is 92.3 cm³/mol. The largest absolute Gasteiger partial charge is 0.337 e. The Morgan fingerprint density at radius 3 is 2.71 bits per heavy atom. The molecule has 0 N–H and O–H groups in total. The van der Waals surface area contributed by atoms with Gasteiger partial charge in [-0.05, 0) is 24.3 Å². The molecule has 0 fully saturated rings. The lowest BCUT2D eigenvalue weighted by atomic mass is 10.1. The van der Waals surface area contributed by atoms with Crippen LogP contribution in [-0.4, -0.2) is 27.4 Å². The first-order valence-corrected chi connectivity index (χ1v) is 7.95. The first-order valence-electron chi connectivity index (χ1n) is 7.95. The second kappa shape index (κ2) is 6.43. The number of carbonyl (C=O) groups is 1. The van der Waals surface area contributed by atoms with E-state index in [1.165, 1.54) is 11.0 Å². The minimum Gasteiger partial charge on any atom is -0.337 e. The fraction of sp³-hybridized carbons (Fsp3) is 0.263. The molecule has 0 radical (unpaired) electrons. The van der Waals surface area contributed by atoms with Crippen LogP contribution in [0.2, 0.25) is 0 Å². The first-order chi connectivity index (χ1) is 11.5. The van der Waals surface area contributed by atoms with Crippen molar-refractivity contribution in [1.82, 2.24) is 14.5 Å². The fourth-order valence-corrected chi connectivity index (χ4v) is 2.87. The molecule has 0 unspecified atom stereocenters. The predicted octanol–water partition coefficient (Wildman–Crippen LogP) is 3.55. The molecule has 0 saturated carbocycles. The maximum atomic E-state index is 13.8. The molecule has 1 aromatic heterocycles. The summed E-state index contributed by atoms with van der Waals surface area (Å²) in [6.07, 6.45) is 0.835. The van der Waals surface area contributed by atoms with Crippen LogP contribution in [0.15, 0.2) is 42.5 Å². The van der Waals surface area contributed by atoms with Gasteiger partial charge in [0.05, 0.1) is 11.0 Å². The Bertz CT molecular complexity index is 901. The normalized spacial score (nSPS) is 11.0. The van der Waals surface area contributed by atoms with E-state index >= 15 is 0 Å². The Labute approximate surface area is 140 Å². The monoisotopic (exact) mass is 325 g/mol. The van der Waals surface area contributed by atoms with Crippen LogP contribution in [0.1, 0.15) is 28.7 Å². The highest BCUT2D eigenvalue weighted by atomic mass is 19.1. The lowest BCUT2D eigenvalue weighted by Gasteiger charge is -2.17. The molecule has 0 atom stereocenters. The topological polar surface area (TPSA) is 38.1 Å². The van der Waals surface area contributed by atoms with E-state index in [-0.39, 0.29) is 18.3 Å². The highest BCUT2D eigenvalue weighted by Gasteiger charge is 2.16. The number of rotatable bonds is 4. The van der Waals surface area contributed by atoms with Crippen LogP contribution >= 0.6 is 0 Å². The number of hydrogen-bond acceptors (Lipinski definition) is 2. The quantitative estimate of drug-likeness (QED) is 0.736. The van der Waals surface area contributed by atoms with Gasteiger partial charge in [0.15, 0.2) is 0 Å². The highest BCUT2D eigenvalue weighted by Crippen LogP contribution is 2.19. The van der Waals surface area contributed by atoms with Crippen LogP contribution in [0.3, 0.4) is 0 Å². The molecule has 124 valence electrons. The van der Waals surface area contributed by atoms with Gasteiger partial charge in [-0.15, -0.1) is 0 Å². The molecule has 5 heteroatoms. The van der Waals surface area contributed by atoms with Crippen LogP contribution in [0, 0.1) is 5.82 Å². The number of fused-ring (bicyclic) bond motifs is 1. The summed E-state index contributed by atoms with van der Waals surface area (Å²) in [5.74, 6) is 0.531. The van der Waals surface area contributed by atoms with Crippen LogP contribution in [0.25, 0.3) is 11.0 Å². The standard InChI is InChI=1S/C19H20FN3O/c1-4-18-21-16-11-13(9-10-17(16)23(18)3)19(24)22(2)12-14-7-5-6-8-15(14)20/h5-11H,4,12H2,1-3H3. The van der Waals surface area contributed by atoms with E-state index in [0.717, 1.165) is 23.3 Å². The number of carbonyl (C=O) groups excluding carboxylic acids is 1. The summed E-state index contributed by atoms with van der Waals surface area (Å²) in [4.78, 5) is 18.7. The van der Waals surface area contributed by atoms with Crippen LogP contribution < -0.4 is 0 Å². The molecule has 4 nitrogen and oxygen atoms in total. The van der Waals surface area contributed by atoms with E-state index in [9.17, 15) is 9.18 Å². The van der Waals surface area contributed by atoms with Crippen molar-refractivity contribution in [1.29, 1.82) is 0 Å². The molecule has 0 spiro atoms. The Morgan fingerprint density at radius 2 is 2.00 bits per heavy atom. The van der Waals surface area contributed by atoms with Crippen molar-refractivity contribution in [2.45, 2.75) is 19.9 Å². The Kier molecular flexibility index (Phi) is 4.34. The lowest BCUT2D eigenvalue weighted by Crippen LogP contribution is -2.26. The zero-order valence-corrected chi connectivity index (χ0v) is 14.1. The average molecular weight is 325 g/mol. The van der Waals surface area contributed by atoms with Crippen LogP contribution in [-0.2, 0) is 20.0 Å². The molecule has 2 aromatic carbocycles. The highest BCUT2D eigenvalue weighted by molar-refractivity contribution is 5.97. The van der Waals surface area contributed by atoms with Crippen molar-refractivity contribution >= 4 is 16.9 Å². The molecule has 24 heavy (non-hydrogen) atoms. The summed E-state index contributed by atoms with van der Waals surface area (Å²) in [5, 5.41) is 0. The van der Waals surface area contributed by atoms with Gasteiger partial charge in [-0.1, -0.05) is 25.1 Å². The summed E-state index contributed by atoms with van der Waals surface area (Å²) in [5.41, 5.74) is 2.86. The molecule has 1 heterocycles. The number of hydrogen-bond donors (Lipinski definition) is 0. The van der Waals surface area contributed by atoms with E-state index in [2.05, 4.69) is 11.9 Å². The zero-order chi connectivity index (χ0) is 17.3. The van der Waals surface area contributed by atoms with Crippen molar-refractivity contribution in [2.75, 3.05) is 7.05 Å². The van der Waals surface area contributed by atoms with Gasteiger partial charge in [-0.25, -0.2) is 9.37 Å². The number of imidazole rings is 1. The van der Waals surface area contributed by atoms with Gasteiger partial charge in [0, 0.05) is 38.2 Å². The van der Waals surface area contributed by atoms with Crippen molar-refractivity contribution in [3.05, 3.63) is 65.2 Å². The fourth-order valence-electron chi connectivity index (χ4n) is 2.87. The molecular formula is C19H20FN3O. The third kappa shape index (κ3) is 2.89. The third-order valence-corrected chi connectivity index (χ3v) is 4.25. The Balaban J connectivity index is 1.86. The smallest absolute Gasteiger partial charge is 0.253 e. The number of amides is 1. The SMILES string of the molecule is CCc1nc2cc(C(=O)N(C)Cc3ccccc3F)ccc2n1C. The van der Waals surface area contributed by atoms with E-state index in [1.54, 1.807) is 37.4 Å². The summed E-state index contributed by atoms with van der Waals surface area (Å²) >= 11 is 0. The van der Waals surface area contributed by atoms with Gasteiger partial charge in [-0.3, -0.25) is 4.79 Å². The molecule has 3 rings (SSSR count). The summed E-state index contributed by atoms with van der Waals surface area (Å²) in [7, 11) is 3.65. The summed E-state index contributed by atoms with van der Waals surface area (Å²) in [6.45, 7) is 2.28. The lowest BCUT2D eigenvalue weighted by molar-refractivity contribution is 0.0784. The number of aryl methyl sites for hydroxylation is 2.